The standard InChI is InChI=1S/C30H18N2O/c1-2-8-18(9-3-1)32-25-13-7-5-11-20(25)22-17-28-23(16-26(22)32)29-27(33-28)15-14-21-19-10-4-6-12-24(19)31-30(21)29/h1-17,31H. The highest BCUT2D eigenvalue weighted by Crippen LogP contribution is 2.41. The molecule has 0 saturated carbocycles. The van der Waals surface area contributed by atoms with Crippen molar-refractivity contribution in [1.82, 2.24) is 9.55 Å². The minimum Gasteiger partial charge on any atom is -0.456 e. The lowest BCUT2D eigenvalue weighted by atomic mass is 10.1. The molecule has 0 amide bonds. The minimum atomic E-state index is 0.910. The summed E-state index contributed by atoms with van der Waals surface area (Å²) in [5.74, 6) is 0. The van der Waals surface area contributed by atoms with Crippen molar-refractivity contribution >= 4 is 65.6 Å². The van der Waals surface area contributed by atoms with E-state index in [0.29, 0.717) is 0 Å². The molecule has 0 aliphatic carbocycles. The third kappa shape index (κ3) is 2.18. The molecule has 8 rings (SSSR count). The molecule has 0 bridgehead atoms. The summed E-state index contributed by atoms with van der Waals surface area (Å²) < 4.78 is 8.75. The number of aromatic amines is 1. The minimum absolute atomic E-state index is 0.910. The summed E-state index contributed by atoms with van der Waals surface area (Å²) in [6.45, 7) is 0. The second kappa shape index (κ2) is 6.05. The molecule has 3 heteroatoms. The van der Waals surface area contributed by atoms with Crippen molar-refractivity contribution < 1.29 is 4.42 Å². The lowest BCUT2D eigenvalue weighted by molar-refractivity contribution is 0.670. The van der Waals surface area contributed by atoms with E-state index in [1.54, 1.807) is 0 Å². The zero-order valence-electron chi connectivity index (χ0n) is 17.7. The summed E-state index contributed by atoms with van der Waals surface area (Å²) in [5.41, 5.74) is 7.65. The fourth-order valence-corrected chi connectivity index (χ4v) is 5.50. The van der Waals surface area contributed by atoms with Gasteiger partial charge >= 0.3 is 0 Å². The molecule has 154 valence electrons. The predicted octanol–water partition coefficient (Wildman–Crippen LogP) is 8.32. The van der Waals surface area contributed by atoms with Crippen LogP contribution >= 0.6 is 0 Å². The number of nitrogens with zero attached hydrogens (tertiary/aromatic N) is 1. The average molecular weight is 422 g/mol. The molecule has 3 nitrogen and oxygen atoms in total. The molecule has 0 aliphatic heterocycles. The number of hydrogen-bond acceptors (Lipinski definition) is 1. The van der Waals surface area contributed by atoms with Crippen LogP contribution in [0.1, 0.15) is 0 Å². The Bertz CT molecular complexity index is 2020. The monoisotopic (exact) mass is 422 g/mol. The normalized spacial score (nSPS) is 12.2. The Morgan fingerprint density at radius 2 is 1.33 bits per heavy atom. The molecule has 8 aromatic rings. The molecule has 0 fully saturated rings. The zero-order chi connectivity index (χ0) is 21.5. The number of benzene rings is 5. The van der Waals surface area contributed by atoms with Gasteiger partial charge in [0.2, 0.25) is 0 Å². The molecule has 0 unspecified atom stereocenters. The highest BCUT2D eigenvalue weighted by atomic mass is 16.3. The zero-order valence-corrected chi connectivity index (χ0v) is 17.7. The van der Waals surface area contributed by atoms with Gasteiger partial charge in [-0.1, -0.05) is 54.6 Å². The van der Waals surface area contributed by atoms with Gasteiger partial charge in [0.15, 0.2) is 0 Å². The first-order valence-electron chi connectivity index (χ1n) is 11.2. The van der Waals surface area contributed by atoms with Gasteiger partial charge in [0.05, 0.1) is 21.9 Å². The number of aromatic nitrogens is 2. The fourth-order valence-electron chi connectivity index (χ4n) is 5.50. The Hall–Kier alpha value is -4.50. The van der Waals surface area contributed by atoms with Crippen molar-refractivity contribution in [1.29, 1.82) is 0 Å². The predicted molar refractivity (Wildman–Crippen MR) is 137 cm³/mol. The number of hydrogen-bond donors (Lipinski definition) is 1. The first kappa shape index (κ1) is 17.1. The summed E-state index contributed by atoms with van der Waals surface area (Å²) in [4.78, 5) is 3.65. The van der Waals surface area contributed by atoms with Crippen LogP contribution in [0, 0.1) is 0 Å². The van der Waals surface area contributed by atoms with E-state index in [1.165, 1.54) is 32.6 Å². The number of nitrogens with one attached hydrogen (secondary N) is 1. The quantitative estimate of drug-likeness (QED) is 0.283. The van der Waals surface area contributed by atoms with Gasteiger partial charge in [0, 0.05) is 38.1 Å². The number of fused-ring (bicyclic) bond motifs is 10. The van der Waals surface area contributed by atoms with E-state index < -0.39 is 0 Å². The molecular weight excluding hydrogens is 404 g/mol. The summed E-state index contributed by atoms with van der Waals surface area (Å²) in [7, 11) is 0. The van der Waals surface area contributed by atoms with Crippen molar-refractivity contribution in [2.45, 2.75) is 0 Å². The van der Waals surface area contributed by atoms with E-state index >= 15 is 0 Å². The summed E-state index contributed by atoms with van der Waals surface area (Å²) >= 11 is 0. The van der Waals surface area contributed by atoms with Crippen LogP contribution in [0.4, 0.5) is 0 Å². The molecule has 0 spiro atoms. The van der Waals surface area contributed by atoms with Gasteiger partial charge in [-0.3, -0.25) is 0 Å². The van der Waals surface area contributed by atoms with Crippen molar-refractivity contribution in [3.63, 3.8) is 0 Å². The van der Waals surface area contributed by atoms with E-state index in [2.05, 4.69) is 113 Å². The van der Waals surface area contributed by atoms with Crippen LogP contribution in [0.3, 0.4) is 0 Å². The SMILES string of the molecule is c1ccc(-n2c3ccccc3c3cc4oc5ccc6c7ccccc7[nH]c6c5c4cc32)cc1. The number of para-hydroxylation sites is 3. The van der Waals surface area contributed by atoms with E-state index in [9.17, 15) is 0 Å². The lowest BCUT2D eigenvalue weighted by Crippen LogP contribution is -1.92. The molecule has 3 heterocycles. The Labute approximate surface area is 188 Å². The van der Waals surface area contributed by atoms with Crippen LogP contribution in [-0.2, 0) is 0 Å². The van der Waals surface area contributed by atoms with E-state index in [1.807, 2.05) is 0 Å². The Morgan fingerprint density at radius 1 is 0.545 bits per heavy atom. The molecule has 0 aliphatic rings. The fraction of sp³-hybridized carbons (Fsp3) is 0. The second-order valence-corrected chi connectivity index (χ2v) is 8.69. The first-order valence-corrected chi connectivity index (χ1v) is 11.2. The van der Waals surface area contributed by atoms with Crippen LogP contribution < -0.4 is 0 Å². The van der Waals surface area contributed by atoms with Crippen LogP contribution in [-0.4, -0.2) is 9.55 Å². The Morgan fingerprint density at radius 3 is 2.24 bits per heavy atom. The number of furan rings is 1. The largest absolute Gasteiger partial charge is 0.456 e. The van der Waals surface area contributed by atoms with Gasteiger partial charge < -0.3 is 14.0 Å². The van der Waals surface area contributed by atoms with Crippen molar-refractivity contribution in [2.75, 3.05) is 0 Å². The van der Waals surface area contributed by atoms with Crippen molar-refractivity contribution in [2.24, 2.45) is 0 Å². The van der Waals surface area contributed by atoms with Gasteiger partial charge in [-0.2, -0.15) is 0 Å². The third-order valence-electron chi connectivity index (χ3n) is 6.92. The molecule has 5 aromatic carbocycles. The lowest BCUT2D eigenvalue weighted by Gasteiger charge is -2.07. The van der Waals surface area contributed by atoms with Crippen molar-refractivity contribution in [3.8, 4) is 5.69 Å². The highest BCUT2D eigenvalue weighted by Gasteiger charge is 2.18. The van der Waals surface area contributed by atoms with E-state index in [0.717, 1.165) is 38.7 Å². The summed E-state index contributed by atoms with van der Waals surface area (Å²) in [6.07, 6.45) is 0. The van der Waals surface area contributed by atoms with Gasteiger partial charge in [0.1, 0.15) is 11.2 Å². The molecular formula is C30H18N2O. The Kier molecular flexibility index (Phi) is 3.14. The third-order valence-corrected chi connectivity index (χ3v) is 6.92. The van der Waals surface area contributed by atoms with Gasteiger partial charge in [0.25, 0.3) is 0 Å². The highest BCUT2D eigenvalue weighted by molar-refractivity contribution is 6.25. The first-order chi connectivity index (χ1) is 16.4. The summed E-state index contributed by atoms with van der Waals surface area (Å²) in [6, 6.07) is 36.4. The molecule has 0 radical (unpaired) electrons. The topological polar surface area (TPSA) is 33.9 Å². The van der Waals surface area contributed by atoms with Crippen molar-refractivity contribution in [3.05, 3.63) is 103 Å². The molecule has 1 N–H and O–H groups in total. The van der Waals surface area contributed by atoms with Gasteiger partial charge in [-0.25, -0.2) is 0 Å². The maximum atomic E-state index is 6.40. The van der Waals surface area contributed by atoms with Gasteiger partial charge in [-0.05, 0) is 48.5 Å². The smallest absolute Gasteiger partial charge is 0.137 e. The van der Waals surface area contributed by atoms with Crippen LogP contribution in [0.5, 0.6) is 0 Å². The molecule has 33 heavy (non-hydrogen) atoms. The molecule has 3 aromatic heterocycles. The van der Waals surface area contributed by atoms with Crippen LogP contribution in [0.25, 0.3) is 71.2 Å². The second-order valence-electron chi connectivity index (χ2n) is 8.69. The van der Waals surface area contributed by atoms with Crippen LogP contribution in [0.15, 0.2) is 108 Å². The molecule has 0 atom stereocenters. The van der Waals surface area contributed by atoms with E-state index in [-0.39, 0.29) is 0 Å². The maximum absolute atomic E-state index is 6.40. The van der Waals surface area contributed by atoms with Gasteiger partial charge in [-0.15, -0.1) is 0 Å². The van der Waals surface area contributed by atoms with Crippen LogP contribution in [0.2, 0.25) is 0 Å². The average Bonchev–Trinajstić information content (AvgIpc) is 3.52. The summed E-state index contributed by atoms with van der Waals surface area (Å²) in [5, 5.41) is 7.18. The molecule has 0 saturated heterocycles. The Balaban J connectivity index is 1.59. The number of H-pyrrole nitrogens is 1. The maximum Gasteiger partial charge on any atom is 0.137 e. The van der Waals surface area contributed by atoms with E-state index in [4.69, 9.17) is 4.42 Å². The number of rotatable bonds is 1.